The van der Waals surface area contributed by atoms with Crippen LogP contribution >= 0.6 is 12.4 Å². The lowest BCUT2D eigenvalue weighted by Crippen LogP contribution is -2.33. The van der Waals surface area contributed by atoms with Gasteiger partial charge in [0.1, 0.15) is 0 Å². The van der Waals surface area contributed by atoms with Gasteiger partial charge >= 0.3 is 0 Å². The Balaban J connectivity index is 0.00000450. The van der Waals surface area contributed by atoms with Crippen molar-refractivity contribution < 1.29 is 19.1 Å². The first kappa shape index (κ1) is 25.3. The van der Waals surface area contributed by atoms with Crippen LogP contribution in [0.1, 0.15) is 42.7 Å². The fourth-order valence-electron chi connectivity index (χ4n) is 2.60. The maximum Gasteiger partial charge on any atom is 0.253 e. The molecule has 0 saturated carbocycles. The minimum atomic E-state index is -0.628. The van der Waals surface area contributed by atoms with E-state index < -0.39 is 5.41 Å². The van der Waals surface area contributed by atoms with Crippen LogP contribution in [-0.4, -0.2) is 32.6 Å². The lowest BCUT2D eigenvalue weighted by Gasteiger charge is -2.21. The number of nitrogens with two attached hydrogens (primary N) is 1. The highest BCUT2D eigenvalue weighted by Gasteiger charge is 2.25. The van der Waals surface area contributed by atoms with Crippen LogP contribution in [0.2, 0.25) is 0 Å². The molecular formula is C22H30ClN3O4. The highest BCUT2D eigenvalue weighted by molar-refractivity contribution is 6.05. The number of benzene rings is 2. The first-order valence-electron chi connectivity index (χ1n) is 9.33. The molecule has 1 atom stereocenters. The fraction of sp³-hybridized carbons (Fsp3) is 0.364. The number of amides is 2. The van der Waals surface area contributed by atoms with E-state index in [-0.39, 0.29) is 42.4 Å². The summed E-state index contributed by atoms with van der Waals surface area (Å²) in [5.74, 6) is 0.203. The molecule has 0 spiro atoms. The van der Waals surface area contributed by atoms with Crippen molar-refractivity contribution in [1.82, 2.24) is 5.32 Å². The molecule has 0 bridgehead atoms. The van der Waals surface area contributed by atoms with Crippen LogP contribution in [0.25, 0.3) is 0 Å². The molecule has 0 radical (unpaired) electrons. The Morgan fingerprint density at radius 3 is 2.13 bits per heavy atom. The van der Waals surface area contributed by atoms with Crippen LogP contribution in [0.3, 0.4) is 0 Å². The molecule has 2 aromatic carbocycles. The third-order valence-electron chi connectivity index (χ3n) is 4.41. The summed E-state index contributed by atoms with van der Waals surface area (Å²) in [5.41, 5.74) is 7.06. The van der Waals surface area contributed by atoms with Gasteiger partial charge in [0, 0.05) is 24.1 Å². The van der Waals surface area contributed by atoms with Gasteiger partial charge in [0.05, 0.1) is 25.5 Å². The molecule has 2 rings (SSSR count). The molecule has 0 saturated heterocycles. The van der Waals surface area contributed by atoms with Crippen LogP contribution in [0.4, 0.5) is 5.69 Å². The number of carbonyl (C=O) groups is 2. The average Bonchev–Trinajstić information content (AvgIpc) is 2.71. The molecule has 8 heteroatoms. The van der Waals surface area contributed by atoms with Gasteiger partial charge in [0.25, 0.3) is 5.91 Å². The van der Waals surface area contributed by atoms with Crippen molar-refractivity contribution in [2.45, 2.75) is 26.8 Å². The molecule has 2 amide bonds. The number of methoxy groups -OCH3 is 2. The van der Waals surface area contributed by atoms with E-state index in [0.717, 1.165) is 5.56 Å². The zero-order chi connectivity index (χ0) is 21.6. The van der Waals surface area contributed by atoms with Gasteiger partial charge in [-0.15, -0.1) is 12.4 Å². The fourth-order valence-corrected chi connectivity index (χ4v) is 2.60. The maximum absolute atomic E-state index is 12.9. The van der Waals surface area contributed by atoms with Crippen molar-refractivity contribution in [3.8, 4) is 11.5 Å². The van der Waals surface area contributed by atoms with E-state index in [9.17, 15) is 9.59 Å². The summed E-state index contributed by atoms with van der Waals surface area (Å²) < 4.78 is 10.6. The van der Waals surface area contributed by atoms with E-state index in [2.05, 4.69) is 10.6 Å². The van der Waals surface area contributed by atoms with Gasteiger partial charge in [-0.3, -0.25) is 9.59 Å². The smallest absolute Gasteiger partial charge is 0.253 e. The summed E-state index contributed by atoms with van der Waals surface area (Å²) in [6, 6.07) is 12.3. The number of hydrogen-bond donors (Lipinski definition) is 3. The topological polar surface area (TPSA) is 103 Å². The summed E-state index contributed by atoms with van der Waals surface area (Å²) in [5, 5.41) is 5.64. The minimum Gasteiger partial charge on any atom is -0.493 e. The van der Waals surface area contributed by atoms with E-state index in [1.807, 2.05) is 30.3 Å². The molecule has 2 aromatic rings. The van der Waals surface area contributed by atoms with Crippen LogP contribution in [-0.2, 0) is 4.79 Å². The number of rotatable bonds is 7. The van der Waals surface area contributed by atoms with Crippen molar-refractivity contribution in [3.63, 3.8) is 0 Å². The Morgan fingerprint density at radius 2 is 1.60 bits per heavy atom. The molecule has 1 unspecified atom stereocenters. The Bertz CT molecular complexity index is 867. The van der Waals surface area contributed by atoms with Crippen molar-refractivity contribution in [2.24, 2.45) is 11.1 Å². The maximum atomic E-state index is 12.9. The molecule has 0 aliphatic carbocycles. The van der Waals surface area contributed by atoms with Crippen molar-refractivity contribution in [3.05, 3.63) is 53.6 Å². The highest BCUT2D eigenvalue weighted by atomic mass is 35.5. The largest absolute Gasteiger partial charge is 0.493 e. The van der Waals surface area contributed by atoms with Crippen LogP contribution in [0, 0.1) is 5.41 Å². The van der Waals surface area contributed by atoms with E-state index >= 15 is 0 Å². The van der Waals surface area contributed by atoms with E-state index in [4.69, 9.17) is 15.2 Å². The van der Waals surface area contributed by atoms with Gasteiger partial charge in [-0.1, -0.05) is 51.1 Å². The standard InChI is InChI=1S/C22H29N3O4.ClH/c1-22(2,3)21(27)25-17-12-19(29-5)18(28-4)11-15(17)20(26)24-13-16(23)14-9-7-6-8-10-14;/h6-12,16H,13,23H2,1-5H3,(H,24,26)(H,25,27);1H. The Kier molecular flexibility index (Phi) is 9.14. The van der Waals surface area contributed by atoms with Gasteiger partial charge in [0.2, 0.25) is 5.91 Å². The Labute approximate surface area is 183 Å². The second kappa shape index (κ2) is 10.8. The van der Waals surface area contributed by atoms with Crippen LogP contribution in [0.5, 0.6) is 11.5 Å². The van der Waals surface area contributed by atoms with Crippen molar-refractivity contribution >= 4 is 29.9 Å². The SMILES string of the molecule is COc1cc(NC(=O)C(C)(C)C)c(C(=O)NCC(N)c2ccccc2)cc1OC.Cl. The summed E-state index contributed by atoms with van der Waals surface area (Å²) in [6.45, 7) is 5.62. The zero-order valence-corrected chi connectivity index (χ0v) is 18.8. The molecule has 0 aromatic heterocycles. The second-order valence-corrected chi connectivity index (χ2v) is 7.68. The summed E-state index contributed by atoms with van der Waals surface area (Å²) in [4.78, 5) is 25.4. The number of carbonyl (C=O) groups excluding carboxylic acids is 2. The second-order valence-electron chi connectivity index (χ2n) is 7.68. The third-order valence-corrected chi connectivity index (χ3v) is 4.41. The lowest BCUT2D eigenvalue weighted by molar-refractivity contribution is -0.123. The van der Waals surface area contributed by atoms with Gasteiger partial charge in [0.15, 0.2) is 11.5 Å². The molecule has 4 N–H and O–H groups in total. The van der Waals surface area contributed by atoms with Gasteiger partial charge in [-0.2, -0.15) is 0 Å². The van der Waals surface area contributed by atoms with E-state index in [1.54, 1.807) is 32.9 Å². The molecule has 30 heavy (non-hydrogen) atoms. The number of ether oxygens (including phenoxy) is 2. The first-order chi connectivity index (χ1) is 13.7. The van der Waals surface area contributed by atoms with E-state index in [1.165, 1.54) is 14.2 Å². The summed E-state index contributed by atoms with van der Waals surface area (Å²) in [6.07, 6.45) is 0. The van der Waals surface area contributed by atoms with Gasteiger partial charge < -0.3 is 25.8 Å². The molecule has 0 aliphatic heterocycles. The minimum absolute atomic E-state index is 0. The number of nitrogens with one attached hydrogen (secondary N) is 2. The Hall–Kier alpha value is -2.77. The predicted molar refractivity (Wildman–Crippen MR) is 121 cm³/mol. The van der Waals surface area contributed by atoms with Crippen molar-refractivity contribution in [2.75, 3.05) is 26.1 Å². The predicted octanol–water partition coefficient (Wildman–Crippen LogP) is 3.54. The van der Waals surface area contributed by atoms with Crippen LogP contribution in [0.15, 0.2) is 42.5 Å². The molecule has 164 valence electrons. The normalized spacial score (nSPS) is 11.7. The zero-order valence-electron chi connectivity index (χ0n) is 17.9. The van der Waals surface area contributed by atoms with Gasteiger partial charge in [-0.05, 0) is 11.6 Å². The Morgan fingerprint density at radius 1 is 1.03 bits per heavy atom. The van der Waals surface area contributed by atoms with E-state index in [0.29, 0.717) is 17.2 Å². The number of anilines is 1. The number of halogens is 1. The summed E-state index contributed by atoms with van der Waals surface area (Å²) >= 11 is 0. The average molecular weight is 436 g/mol. The molecular weight excluding hydrogens is 406 g/mol. The molecule has 0 fully saturated rings. The highest BCUT2D eigenvalue weighted by Crippen LogP contribution is 2.34. The monoisotopic (exact) mass is 435 g/mol. The number of hydrogen-bond acceptors (Lipinski definition) is 5. The lowest BCUT2D eigenvalue weighted by atomic mass is 9.95. The molecule has 0 heterocycles. The first-order valence-corrected chi connectivity index (χ1v) is 9.33. The third kappa shape index (κ3) is 6.37. The van der Waals surface area contributed by atoms with Crippen molar-refractivity contribution in [1.29, 1.82) is 0 Å². The quantitative estimate of drug-likeness (QED) is 0.617. The molecule has 7 nitrogen and oxygen atoms in total. The van der Waals surface area contributed by atoms with Gasteiger partial charge in [-0.25, -0.2) is 0 Å². The molecule has 0 aliphatic rings. The van der Waals surface area contributed by atoms with Crippen LogP contribution < -0.4 is 25.8 Å². The summed E-state index contributed by atoms with van der Waals surface area (Å²) in [7, 11) is 2.98.